The molecule has 0 aliphatic carbocycles. The van der Waals surface area contributed by atoms with Crippen LogP contribution in [0.15, 0.2) is 30.5 Å². The SMILES string of the molecule is CCOC(=O)COc1ccc(N2CCN(CCn3ncc4c([NH2+]NC(=O)C5CCC(=O)O5)nc(N)nc43)CC2)cc1. The monoisotopic (exact) mass is 568 g/mol. The summed E-state index contributed by atoms with van der Waals surface area (Å²) in [5.41, 5.74) is 11.7. The Kier molecular flexibility index (Phi) is 8.74. The van der Waals surface area contributed by atoms with Crippen LogP contribution < -0.4 is 26.2 Å². The molecule has 1 unspecified atom stereocenters. The number of hydrogen-bond acceptors (Lipinski definition) is 12. The number of cyclic esters (lactones) is 1. The lowest BCUT2D eigenvalue weighted by Crippen LogP contribution is -2.90. The van der Waals surface area contributed by atoms with Gasteiger partial charge >= 0.3 is 17.8 Å². The van der Waals surface area contributed by atoms with Gasteiger partial charge in [0.05, 0.1) is 19.3 Å². The third-order valence-corrected chi connectivity index (χ3v) is 6.94. The van der Waals surface area contributed by atoms with E-state index in [4.69, 9.17) is 19.9 Å². The van der Waals surface area contributed by atoms with Gasteiger partial charge < -0.3 is 24.8 Å². The number of rotatable bonds is 11. The van der Waals surface area contributed by atoms with E-state index >= 15 is 0 Å². The molecule has 2 aliphatic heterocycles. The molecule has 2 aliphatic rings. The number of nitrogens with one attached hydrogen (secondary N) is 1. The van der Waals surface area contributed by atoms with E-state index in [0.717, 1.165) is 38.4 Å². The number of amides is 1. The maximum Gasteiger partial charge on any atom is 0.344 e. The first-order valence-electron chi connectivity index (χ1n) is 13.6. The molecule has 1 amide bonds. The third-order valence-electron chi connectivity index (χ3n) is 6.94. The molecule has 2 saturated heterocycles. The van der Waals surface area contributed by atoms with Crippen molar-refractivity contribution in [2.75, 3.05) is 56.6 Å². The minimum absolute atomic E-state index is 0.0676. The van der Waals surface area contributed by atoms with Gasteiger partial charge in [-0.1, -0.05) is 0 Å². The number of nitrogens with two attached hydrogens (primary N) is 2. The molecule has 2 aromatic heterocycles. The Labute approximate surface area is 235 Å². The molecule has 41 heavy (non-hydrogen) atoms. The largest absolute Gasteiger partial charge is 0.482 e. The first kappa shape index (κ1) is 28.0. The summed E-state index contributed by atoms with van der Waals surface area (Å²) >= 11 is 0. The summed E-state index contributed by atoms with van der Waals surface area (Å²) in [5, 5.41) is 5.14. The van der Waals surface area contributed by atoms with Gasteiger partial charge in [0.1, 0.15) is 11.1 Å². The van der Waals surface area contributed by atoms with Crippen molar-refractivity contribution in [3.63, 3.8) is 0 Å². The Morgan fingerprint density at radius 2 is 1.93 bits per heavy atom. The number of benzene rings is 1. The fourth-order valence-electron chi connectivity index (χ4n) is 4.77. The van der Waals surface area contributed by atoms with Crippen LogP contribution in [0.2, 0.25) is 0 Å². The summed E-state index contributed by atoms with van der Waals surface area (Å²) in [7, 11) is 0. The second kappa shape index (κ2) is 12.8. The van der Waals surface area contributed by atoms with E-state index in [-0.39, 0.29) is 30.9 Å². The number of carbonyl (C=O) groups excluding carboxylic acids is 3. The average molecular weight is 569 g/mol. The molecular weight excluding hydrogens is 534 g/mol. The van der Waals surface area contributed by atoms with E-state index in [1.807, 2.05) is 24.3 Å². The zero-order valence-corrected chi connectivity index (χ0v) is 22.8. The van der Waals surface area contributed by atoms with Crippen molar-refractivity contribution in [1.82, 2.24) is 30.1 Å². The molecule has 218 valence electrons. The normalized spacial score (nSPS) is 17.4. The fourth-order valence-corrected chi connectivity index (χ4v) is 4.77. The highest BCUT2D eigenvalue weighted by molar-refractivity contribution is 5.86. The van der Waals surface area contributed by atoms with Gasteiger partial charge in [-0.15, -0.1) is 0 Å². The quantitative estimate of drug-likeness (QED) is 0.112. The lowest BCUT2D eigenvalue weighted by atomic mass is 10.2. The first-order valence-corrected chi connectivity index (χ1v) is 13.6. The van der Waals surface area contributed by atoms with Crippen LogP contribution in [-0.2, 0) is 30.4 Å². The number of piperazine rings is 1. The third kappa shape index (κ3) is 6.99. The summed E-state index contributed by atoms with van der Waals surface area (Å²) in [4.78, 5) is 48.4. The maximum atomic E-state index is 12.3. The van der Waals surface area contributed by atoms with Gasteiger partial charge in [0.2, 0.25) is 5.95 Å². The number of aromatic nitrogens is 4. The Morgan fingerprint density at radius 3 is 2.63 bits per heavy atom. The smallest absolute Gasteiger partial charge is 0.344 e. The van der Waals surface area contributed by atoms with Crippen molar-refractivity contribution >= 4 is 46.3 Å². The number of hydrogen-bond donors (Lipinski definition) is 3. The summed E-state index contributed by atoms with van der Waals surface area (Å²) in [5.74, 6) is -0.0523. The van der Waals surface area contributed by atoms with Gasteiger partial charge in [0, 0.05) is 51.3 Å². The van der Waals surface area contributed by atoms with Gasteiger partial charge in [-0.3, -0.25) is 14.5 Å². The second-order valence-corrected chi connectivity index (χ2v) is 9.66. The zero-order chi connectivity index (χ0) is 28.8. The van der Waals surface area contributed by atoms with Crippen LogP contribution in [0.3, 0.4) is 0 Å². The van der Waals surface area contributed by atoms with Crippen molar-refractivity contribution in [3.8, 4) is 5.75 Å². The van der Waals surface area contributed by atoms with Crippen molar-refractivity contribution < 1.29 is 34.0 Å². The number of nitrogens with zero attached hydrogens (tertiary/aromatic N) is 6. The van der Waals surface area contributed by atoms with Crippen LogP contribution in [0.4, 0.5) is 17.5 Å². The van der Waals surface area contributed by atoms with Crippen LogP contribution in [0, 0.1) is 0 Å². The molecule has 0 saturated carbocycles. The maximum absolute atomic E-state index is 12.3. The highest BCUT2D eigenvalue weighted by atomic mass is 16.6. The van der Waals surface area contributed by atoms with E-state index in [1.54, 1.807) is 17.8 Å². The lowest BCUT2D eigenvalue weighted by Gasteiger charge is -2.36. The lowest BCUT2D eigenvalue weighted by molar-refractivity contribution is -0.622. The van der Waals surface area contributed by atoms with E-state index in [0.29, 0.717) is 42.2 Å². The molecule has 0 radical (unpaired) electrons. The number of carbonyl (C=O) groups is 3. The Balaban J connectivity index is 1.11. The van der Waals surface area contributed by atoms with E-state index in [9.17, 15) is 14.4 Å². The van der Waals surface area contributed by atoms with Crippen LogP contribution >= 0.6 is 0 Å². The van der Waals surface area contributed by atoms with Gasteiger partial charge in [0.25, 0.3) is 5.82 Å². The zero-order valence-electron chi connectivity index (χ0n) is 22.8. The molecule has 0 bridgehead atoms. The molecule has 4 heterocycles. The van der Waals surface area contributed by atoms with E-state index in [2.05, 4.69) is 30.3 Å². The molecule has 2 fully saturated rings. The molecule has 5 N–H and O–H groups in total. The number of fused-ring (bicyclic) bond motifs is 1. The van der Waals surface area contributed by atoms with Gasteiger partial charge in [-0.2, -0.15) is 25.9 Å². The molecule has 15 heteroatoms. The summed E-state index contributed by atoms with van der Waals surface area (Å²) < 4.78 is 17.1. The predicted molar refractivity (Wildman–Crippen MR) is 146 cm³/mol. The van der Waals surface area contributed by atoms with Crippen molar-refractivity contribution in [2.45, 2.75) is 32.4 Å². The van der Waals surface area contributed by atoms with Crippen molar-refractivity contribution in [3.05, 3.63) is 30.5 Å². The van der Waals surface area contributed by atoms with Crippen LogP contribution in [0.25, 0.3) is 11.0 Å². The molecule has 5 rings (SSSR count). The highest BCUT2D eigenvalue weighted by Gasteiger charge is 2.31. The van der Waals surface area contributed by atoms with Crippen molar-refractivity contribution in [2.24, 2.45) is 0 Å². The van der Waals surface area contributed by atoms with Gasteiger partial charge in [-0.05, 0) is 31.2 Å². The number of esters is 2. The first-order chi connectivity index (χ1) is 19.9. The minimum Gasteiger partial charge on any atom is -0.482 e. The second-order valence-electron chi connectivity index (χ2n) is 9.66. The number of nitrogen functional groups attached to an aromatic ring is 1. The predicted octanol–water partition coefficient (Wildman–Crippen LogP) is -0.896. The number of quaternary nitrogens is 1. The summed E-state index contributed by atoms with van der Waals surface area (Å²) in [6, 6.07) is 7.71. The van der Waals surface area contributed by atoms with Crippen molar-refractivity contribution in [1.29, 1.82) is 0 Å². The minimum atomic E-state index is -0.798. The van der Waals surface area contributed by atoms with Crippen LogP contribution in [0.1, 0.15) is 19.8 Å². The molecular formula is C26H34N9O6+. The summed E-state index contributed by atoms with van der Waals surface area (Å²) in [6.07, 6.45) is 1.44. The Hall–Kier alpha value is -4.50. The summed E-state index contributed by atoms with van der Waals surface area (Å²) in [6.45, 7) is 6.87. The number of ether oxygens (including phenoxy) is 3. The highest BCUT2D eigenvalue weighted by Crippen LogP contribution is 2.22. The van der Waals surface area contributed by atoms with Crippen LogP contribution in [0.5, 0.6) is 5.75 Å². The van der Waals surface area contributed by atoms with Gasteiger partial charge in [-0.25, -0.2) is 9.48 Å². The molecule has 3 aromatic rings. The van der Waals surface area contributed by atoms with E-state index < -0.39 is 12.0 Å². The Bertz CT molecular complexity index is 1390. The van der Waals surface area contributed by atoms with E-state index in [1.165, 1.54) is 5.43 Å². The Morgan fingerprint density at radius 1 is 1.15 bits per heavy atom. The fraction of sp³-hybridized carbons (Fsp3) is 0.462. The van der Waals surface area contributed by atoms with Crippen LogP contribution in [-0.4, -0.2) is 94.5 Å². The standard InChI is InChI=1S/C26H33N9O6/c1-2-39-22(37)16-40-18-5-3-17(4-6-18)34-12-9-33(10-13-34)11-14-35-24-19(15-28-35)23(29-26(27)30-24)31-32-25(38)20-7-8-21(36)41-20/h3-6,15,20H,2,7-14,16H2,1H3,(H,32,38)(H3,27,29,30,31)/p+1. The number of anilines is 2. The average Bonchev–Trinajstić information content (AvgIpc) is 3.60. The molecule has 15 nitrogen and oxygen atoms in total. The van der Waals surface area contributed by atoms with Gasteiger partial charge in [0.15, 0.2) is 18.4 Å². The molecule has 1 atom stereocenters. The molecule has 0 spiro atoms. The molecule has 1 aromatic carbocycles. The topological polar surface area (TPSA) is 184 Å².